The predicted molar refractivity (Wildman–Crippen MR) is 87.3 cm³/mol. The van der Waals surface area contributed by atoms with Crippen molar-refractivity contribution in [1.82, 2.24) is 0 Å². The number of carbonyl (C=O) groups is 2. The number of Topliss-reactive ketones (excluding diaryl/α,β-unsaturated/α-hetero) is 1. The summed E-state index contributed by atoms with van der Waals surface area (Å²) in [5.41, 5.74) is -0.0295. The van der Waals surface area contributed by atoms with Gasteiger partial charge < -0.3 is 9.47 Å². The molecular formula is C16H14F6O7S. The minimum absolute atomic E-state index is 0.0295. The van der Waals surface area contributed by atoms with Crippen LogP contribution in [0.4, 0.5) is 26.3 Å². The van der Waals surface area contributed by atoms with Gasteiger partial charge in [-0.3, -0.25) is 9.35 Å². The molecule has 1 aromatic carbocycles. The van der Waals surface area contributed by atoms with Gasteiger partial charge in [0.1, 0.15) is 0 Å². The SMILES string of the molecule is C=C(F)C(=O)OC(OCCC(F)(F)S(=O)(=O)O)(C(=O)Cc1ccccc1)C(F)(F)F. The maximum atomic E-state index is 13.7. The van der Waals surface area contributed by atoms with Gasteiger partial charge >= 0.3 is 33.3 Å². The van der Waals surface area contributed by atoms with Crippen molar-refractivity contribution in [2.24, 2.45) is 0 Å². The molecule has 0 aliphatic heterocycles. The van der Waals surface area contributed by atoms with Crippen molar-refractivity contribution in [2.75, 3.05) is 6.61 Å². The van der Waals surface area contributed by atoms with Crippen LogP contribution in [-0.4, -0.2) is 48.5 Å². The summed E-state index contributed by atoms with van der Waals surface area (Å²) in [6, 6.07) is 6.58. The number of benzene rings is 1. The van der Waals surface area contributed by atoms with Crippen LogP contribution in [0.25, 0.3) is 0 Å². The fraction of sp³-hybridized carbons (Fsp3) is 0.375. The lowest BCUT2D eigenvalue weighted by atomic mass is 10.0. The molecule has 0 bridgehead atoms. The van der Waals surface area contributed by atoms with E-state index in [4.69, 9.17) is 4.55 Å². The molecule has 30 heavy (non-hydrogen) atoms. The van der Waals surface area contributed by atoms with E-state index in [-0.39, 0.29) is 5.56 Å². The number of hydrogen-bond acceptors (Lipinski definition) is 6. The first-order valence-corrected chi connectivity index (χ1v) is 9.18. The van der Waals surface area contributed by atoms with Crippen molar-refractivity contribution < 1.29 is 58.4 Å². The Labute approximate surface area is 166 Å². The van der Waals surface area contributed by atoms with E-state index in [1.165, 1.54) is 30.3 Å². The Balaban J connectivity index is 3.31. The lowest BCUT2D eigenvalue weighted by Gasteiger charge is -2.33. The third-order valence-corrected chi connectivity index (χ3v) is 4.44. The van der Waals surface area contributed by atoms with Crippen molar-refractivity contribution in [3.05, 3.63) is 48.3 Å². The van der Waals surface area contributed by atoms with E-state index in [1.54, 1.807) is 0 Å². The van der Waals surface area contributed by atoms with Gasteiger partial charge in [0, 0.05) is 6.42 Å². The van der Waals surface area contributed by atoms with Gasteiger partial charge in [-0.1, -0.05) is 36.9 Å². The number of rotatable bonds is 10. The van der Waals surface area contributed by atoms with Crippen molar-refractivity contribution in [2.45, 2.75) is 30.1 Å². The monoisotopic (exact) mass is 464 g/mol. The first-order chi connectivity index (χ1) is 13.5. The molecule has 1 N–H and O–H groups in total. The van der Waals surface area contributed by atoms with E-state index < -0.39 is 64.4 Å². The second kappa shape index (κ2) is 9.14. The zero-order valence-corrected chi connectivity index (χ0v) is 15.6. The smallest absolute Gasteiger partial charge is 0.411 e. The van der Waals surface area contributed by atoms with E-state index in [0.29, 0.717) is 0 Å². The molecule has 1 unspecified atom stereocenters. The quantitative estimate of drug-likeness (QED) is 0.187. The average Bonchev–Trinajstić information content (AvgIpc) is 2.59. The number of halogens is 6. The van der Waals surface area contributed by atoms with Gasteiger partial charge in [-0.15, -0.1) is 0 Å². The number of esters is 1. The van der Waals surface area contributed by atoms with Crippen LogP contribution in [0.3, 0.4) is 0 Å². The molecule has 0 saturated carbocycles. The van der Waals surface area contributed by atoms with Gasteiger partial charge in [-0.05, 0) is 5.56 Å². The summed E-state index contributed by atoms with van der Waals surface area (Å²) >= 11 is 0. The van der Waals surface area contributed by atoms with Crippen LogP contribution in [0.5, 0.6) is 0 Å². The van der Waals surface area contributed by atoms with Crippen molar-refractivity contribution in [3.8, 4) is 0 Å². The van der Waals surface area contributed by atoms with Crippen LogP contribution in [0.15, 0.2) is 42.7 Å². The molecule has 0 heterocycles. The second-order valence-electron chi connectivity index (χ2n) is 5.71. The molecule has 0 aromatic heterocycles. The van der Waals surface area contributed by atoms with E-state index >= 15 is 0 Å². The van der Waals surface area contributed by atoms with Crippen LogP contribution >= 0.6 is 0 Å². The van der Waals surface area contributed by atoms with Gasteiger partial charge in [0.05, 0.1) is 13.0 Å². The summed E-state index contributed by atoms with van der Waals surface area (Å²) in [6.07, 6.45) is -9.02. The molecule has 1 atom stereocenters. The molecule has 0 aliphatic rings. The summed E-state index contributed by atoms with van der Waals surface area (Å²) in [7, 11) is -6.02. The van der Waals surface area contributed by atoms with Crippen molar-refractivity contribution in [3.63, 3.8) is 0 Å². The molecule has 1 rings (SSSR count). The van der Waals surface area contributed by atoms with Crippen LogP contribution in [0.2, 0.25) is 0 Å². The Morgan fingerprint density at radius 3 is 2.03 bits per heavy atom. The van der Waals surface area contributed by atoms with Gasteiger partial charge in [0.25, 0.3) is 0 Å². The number of carbonyl (C=O) groups excluding carboxylic acids is 2. The normalized spacial score (nSPS) is 14.6. The number of ketones is 1. The van der Waals surface area contributed by atoms with Gasteiger partial charge in [-0.25, -0.2) is 4.79 Å². The Hall–Kier alpha value is -2.45. The first kappa shape index (κ1) is 25.6. The van der Waals surface area contributed by atoms with Crippen molar-refractivity contribution in [1.29, 1.82) is 0 Å². The molecule has 0 amide bonds. The maximum absolute atomic E-state index is 13.7. The van der Waals surface area contributed by atoms with Gasteiger partial charge in [0.15, 0.2) is 0 Å². The highest BCUT2D eigenvalue weighted by Gasteiger charge is 2.66. The van der Waals surface area contributed by atoms with E-state index in [0.717, 1.165) is 0 Å². The number of hydrogen-bond donors (Lipinski definition) is 1. The number of alkyl halides is 5. The molecule has 14 heteroatoms. The molecule has 0 radical (unpaired) electrons. The lowest BCUT2D eigenvalue weighted by molar-refractivity contribution is -0.347. The molecule has 0 spiro atoms. The Bertz CT molecular complexity index is 898. The van der Waals surface area contributed by atoms with E-state index in [2.05, 4.69) is 16.1 Å². The molecule has 7 nitrogen and oxygen atoms in total. The van der Waals surface area contributed by atoms with Crippen LogP contribution in [-0.2, 0) is 35.6 Å². The predicted octanol–water partition coefficient (Wildman–Crippen LogP) is 2.97. The summed E-state index contributed by atoms with van der Waals surface area (Å²) in [5, 5.41) is -4.94. The first-order valence-electron chi connectivity index (χ1n) is 7.74. The third-order valence-electron chi connectivity index (χ3n) is 3.48. The summed E-state index contributed by atoms with van der Waals surface area (Å²) in [6.45, 7) is 0.574. The lowest BCUT2D eigenvalue weighted by Crippen LogP contribution is -2.58. The zero-order chi connectivity index (χ0) is 23.4. The highest BCUT2D eigenvalue weighted by Crippen LogP contribution is 2.38. The summed E-state index contributed by atoms with van der Waals surface area (Å²) in [5.74, 6) is -11.0. The Morgan fingerprint density at radius 1 is 1.07 bits per heavy atom. The largest absolute Gasteiger partial charge is 0.464 e. The van der Waals surface area contributed by atoms with Gasteiger partial charge in [-0.2, -0.15) is 34.8 Å². The Morgan fingerprint density at radius 2 is 1.60 bits per heavy atom. The van der Waals surface area contributed by atoms with Crippen LogP contribution in [0, 0.1) is 0 Å². The molecule has 0 fully saturated rings. The highest BCUT2D eigenvalue weighted by atomic mass is 32.2. The molecule has 1 aromatic rings. The number of ether oxygens (including phenoxy) is 2. The standard InChI is InChI=1S/C16H14F6O7S/c1-10(17)13(24)29-15(16(20,21)22,12(23)9-11-5-3-2-4-6-11)28-8-7-14(18,19)30(25,26)27/h2-6H,1,7-9H2,(H,25,26,27). The third kappa shape index (κ3) is 6.03. The highest BCUT2D eigenvalue weighted by molar-refractivity contribution is 7.86. The molecule has 168 valence electrons. The van der Waals surface area contributed by atoms with Gasteiger partial charge in [0.2, 0.25) is 11.6 Å². The molecular weight excluding hydrogens is 450 g/mol. The fourth-order valence-corrected chi connectivity index (χ4v) is 2.33. The van der Waals surface area contributed by atoms with E-state index in [1.807, 2.05) is 0 Å². The van der Waals surface area contributed by atoms with Crippen LogP contribution in [0.1, 0.15) is 12.0 Å². The summed E-state index contributed by atoms with van der Waals surface area (Å²) < 4.78 is 118. The maximum Gasteiger partial charge on any atom is 0.464 e. The zero-order valence-electron chi connectivity index (χ0n) is 14.8. The molecule has 0 saturated heterocycles. The molecule has 0 aliphatic carbocycles. The topological polar surface area (TPSA) is 107 Å². The van der Waals surface area contributed by atoms with Crippen LogP contribution < -0.4 is 0 Å². The van der Waals surface area contributed by atoms with E-state index in [9.17, 15) is 44.3 Å². The average molecular weight is 464 g/mol. The Kier molecular flexibility index (Phi) is 7.79. The second-order valence-corrected chi connectivity index (χ2v) is 7.25. The fourth-order valence-electron chi connectivity index (χ4n) is 1.99. The minimum atomic E-state index is -6.02. The summed E-state index contributed by atoms with van der Waals surface area (Å²) in [4.78, 5) is 23.7. The minimum Gasteiger partial charge on any atom is -0.411 e. The van der Waals surface area contributed by atoms with Crippen molar-refractivity contribution >= 4 is 21.9 Å².